The number of anilines is 2. The number of hydrogen-bond donors (Lipinski definition) is 2. The normalized spacial score (nSPS) is 10.4. The van der Waals surface area contributed by atoms with Crippen LogP contribution in [0.4, 0.5) is 11.4 Å². The van der Waals surface area contributed by atoms with E-state index in [0.29, 0.717) is 28.9 Å². The van der Waals surface area contributed by atoms with E-state index in [0.717, 1.165) is 11.3 Å². The molecule has 0 aliphatic rings. The molecule has 1 aromatic heterocycles. The number of carbonyl (C=O) groups excluding carboxylic acids is 2. The summed E-state index contributed by atoms with van der Waals surface area (Å²) in [4.78, 5) is 23.5. The first-order valence-corrected chi connectivity index (χ1v) is 10.5. The lowest BCUT2D eigenvalue weighted by Crippen LogP contribution is -2.15. The number of hydrogen-bond acceptors (Lipinski definition) is 6. The zero-order valence-electron chi connectivity index (χ0n) is 17.3. The molecule has 2 N–H and O–H groups in total. The first-order valence-electron chi connectivity index (χ1n) is 9.49. The molecule has 1 heterocycles. The maximum atomic E-state index is 12.4. The number of ether oxygens (including phenoxy) is 1. The highest BCUT2D eigenvalue weighted by atomic mass is 32.2. The first kappa shape index (κ1) is 22.1. The minimum atomic E-state index is -0.173. The summed E-state index contributed by atoms with van der Waals surface area (Å²) >= 11 is 1.29. The van der Waals surface area contributed by atoms with Gasteiger partial charge in [0, 0.05) is 30.4 Å². The summed E-state index contributed by atoms with van der Waals surface area (Å²) in [6.45, 7) is 5.76. The Morgan fingerprint density at radius 3 is 2.48 bits per heavy atom. The lowest BCUT2D eigenvalue weighted by molar-refractivity contribution is -0.114. The van der Waals surface area contributed by atoms with Gasteiger partial charge in [-0.05, 0) is 36.4 Å². The van der Waals surface area contributed by atoms with Crippen LogP contribution in [-0.2, 0) is 16.1 Å². The summed E-state index contributed by atoms with van der Waals surface area (Å²) in [5, 5.41) is 14.7. The minimum Gasteiger partial charge on any atom is -0.497 e. The molecule has 2 aromatic carbocycles. The van der Waals surface area contributed by atoms with Crippen LogP contribution in [0.3, 0.4) is 0 Å². The third-order valence-electron chi connectivity index (χ3n) is 4.18. The van der Waals surface area contributed by atoms with E-state index in [9.17, 15) is 9.59 Å². The molecule has 0 radical (unpaired) electrons. The van der Waals surface area contributed by atoms with Crippen molar-refractivity contribution in [2.45, 2.75) is 18.6 Å². The van der Waals surface area contributed by atoms with E-state index in [1.807, 2.05) is 28.8 Å². The Kier molecular flexibility index (Phi) is 7.45. The molecule has 0 atom stereocenters. The number of nitrogens with one attached hydrogen (secondary N) is 2. The van der Waals surface area contributed by atoms with Gasteiger partial charge in [0.1, 0.15) is 5.75 Å². The minimum absolute atomic E-state index is 0.148. The van der Waals surface area contributed by atoms with Crippen molar-refractivity contribution in [1.82, 2.24) is 14.8 Å². The predicted molar refractivity (Wildman–Crippen MR) is 122 cm³/mol. The molecular formula is C22H23N5O3S. The van der Waals surface area contributed by atoms with E-state index in [4.69, 9.17) is 4.74 Å². The molecule has 0 aliphatic carbocycles. The van der Waals surface area contributed by atoms with Gasteiger partial charge in [0.2, 0.25) is 11.8 Å². The topological polar surface area (TPSA) is 98.1 Å². The van der Waals surface area contributed by atoms with Gasteiger partial charge in [-0.25, -0.2) is 0 Å². The van der Waals surface area contributed by atoms with E-state index in [1.54, 1.807) is 37.5 Å². The second kappa shape index (κ2) is 10.4. The van der Waals surface area contributed by atoms with Crippen molar-refractivity contribution in [3.63, 3.8) is 0 Å². The van der Waals surface area contributed by atoms with Gasteiger partial charge in [0.15, 0.2) is 11.0 Å². The van der Waals surface area contributed by atoms with Gasteiger partial charge in [-0.3, -0.25) is 14.2 Å². The second-order valence-corrected chi connectivity index (χ2v) is 7.48. The first-order chi connectivity index (χ1) is 15.0. The van der Waals surface area contributed by atoms with Gasteiger partial charge in [-0.1, -0.05) is 30.0 Å². The Labute approximate surface area is 184 Å². The average molecular weight is 438 g/mol. The molecule has 0 fully saturated rings. The summed E-state index contributed by atoms with van der Waals surface area (Å²) in [5.41, 5.74) is 2.18. The molecule has 2 amide bonds. The molecule has 0 saturated heterocycles. The zero-order chi connectivity index (χ0) is 22.2. The quantitative estimate of drug-likeness (QED) is 0.390. The average Bonchev–Trinajstić information content (AvgIpc) is 3.16. The summed E-state index contributed by atoms with van der Waals surface area (Å²) in [7, 11) is 1.61. The van der Waals surface area contributed by atoms with Crippen LogP contribution in [0.1, 0.15) is 6.92 Å². The van der Waals surface area contributed by atoms with Crippen molar-refractivity contribution in [1.29, 1.82) is 0 Å². The van der Waals surface area contributed by atoms with Crippen molar-refractivity contribution >= 4 is 35.0 Å². The van der Waals surface area contributed by atoms with Gasteiger partial charge in [0.05, 0.1) is 12.9 Å². The van der Waals surface area contributed by atoms with Crippen LogP contribution in [0.5, 0.6) is 5.75 Å². The molecule has 9 heteroatoms. The fourth-order valence-electron chi connectivity index (χ4n) is 2.83. The van der Waals surface area contributed by atoms with E-state index in [1.165, 1.54) is 18.7 Å². The summed E-state index contributed by atoms with van der Waals surface area (Å²) in [5.74, 6) is 1.25. The zero-order valence-corrected chi connectivity index (χ0v) is 18.1. The van der Waals surface area contributed by atoms with Crippen LogP contribution < -0.4 is 15.4 Å². The van der Waals surface area contributed by atoms with E-state index in [2.05, 4.69) is 27.4 Å². The largest absolute Gasteiger partial charge is 0.497 e. The number of nitrogens with zero attached hydrogens (tertiary/aromatic N) is 3. The smallest absolute Gasteiger partial charge is 0.234 e. The molecule has 31 heavy (non-hydrogen) atoms. The van der Waals surface area contributed by atoms with Crippen LogP contribution >= 0.6 is 11.8 Å². The Hall–Kier alpha value is -3.59. The van der Waals surface area contributed by atoms with Crippen molar-refractivity contribution < 1.29 is 14.3 Å². The van der Waals surface area contributed by atoms with Crippen LogP contribution in [0.15, 0.2) is 66.3 Å². The monoisotopic (exact) mass is 437 g/mol. The number of carbonyl (C=O) groups is 2. The van der Waals surface area contributed by atoms with Crippen LogP contribution in [0.2, 0.25) is 0 Å². The second-order valence-electron chi connectivity index (χ2n) is 6.53. The van der Waals surface area contributed by atoms with Gasteiger partial charge in [0.25, 0.3) is 0 Å². The number of allylic oxidation sites excluding steroid dienone is 1. The molecule has 0 saturated carbocycles. The molecular weight excluding hydrogens is 414 g/mol. The molecule has 0 spiro atoms. The molecule has 160 valence electrons. The standard InChI is InChI=1S/C22H23N5O3S/c1-4-12-27-21(16-6-5-7-19(13-16)30-3)25-26-22(27)31-14-20(29)24-18-10-8-17(9-11-18)23-15(2)28/h4-11,13H,1,12,14H2,2-3H3,(H,23,28)(H,24,29). The van der Waals surface area contributed by atoms with Crippen molar-refractivity contribution in [3.05, 3.63) is 61.2 Å². The highest BCUT2D eigenvalue weighted by Crippen LogP contribution is 2.26. The Morgan fingerprint density at radius 1 is 1.13 bits per heavy atom. The van der Waals surface area contributed by atoms with E-state index < -0.39 is 0 Å². The number of benzene rings is 2. The molecule has 0 aliphatic heterocycles. The van der Waals surface area contributed by atoms with Crippen molar-refractivity contribution in [2.24, 2.45) is 0 Å². The van der Waals surface area contributed by atoms with Crippen LogP contribution in [0, 0.1) is 0 Å². The van der Waals surface area contributed by atoms with Gasteiger partial charge >= 0.3 is 0 Å². The maximum Gasteiger partial charge on any atom is 0.234 e. The SMILES string of the molecule is C=CCn1c(SCC(=O)Nc2ccc(NC(C)=O)cc2)nnc1-c1cccc(OC)c1. The third-order valence-corrected chi connectivity index (χ3v) is 5.14. The number of aromatic nitrogens is 3. The number of rotatable bonds is 9. The lowest BCUT2D eigenvalue weighted by Gasteiger charge is -2.09. The van der Waals surface area contributed by atoms with Crippen LogP contribution in [0.25, 0.3) is 11.4 Å². The molecule has 3 rings (SSSR count). The van der Waals surface area contributed by atoms with Crippen molar-refractivity contribution in [2.75, 3.05) is 23.5 Å². The lowest BCUT2D eigenvalue weighted by atomic mass is 10.2. The van der Waals surface area contributed by atoms with Crippen molar-refractivity contribution in [3.8, 4) is 17.1 Å². The molecule has 0 unspecified atom stereocenters. The van der Waals surface area contributed by atoms with E-state index in [-0.39, 0.29) is 17.6 Å². The molecule has 0 bridgehead atoms. The fourth-order valence-corrected chi connectivity index (χ4v) is 3.58. The maximum absolute atomic E-state index is 12.4. The molecule has 8 nitrogen and oxygen atoms in total. The number of amides is 2. The summed E-state index contributed by atoms with van der Waals surface area (Å²) in [6, 6.07) is 14.5. The summed E-state index contributed by atoms with van der Waals surface area (Å²) < 4.78 is 7.19. The highest BCUT2D eigenvalue weighted by Gasteiger charge is 2.15. The Bertz CT molecular complexity index is 1080. The van der Waals surface area contributed by atoms with E-state index >= 15 is 0 Å². The third kappa shape index (κ3) is 5.95. The van der Waals surface area contributed by atoms with Crippen LogP contribution in [-0.4, -0.2) is 39.4 Å². The Balaban J connectivity index is 1.67. The van der Waals surface area contributed by atoms with Gasteiger partial charge in [-0.2, -0.15) is 0 Å². The predicted octanol–water partition coefficient (Wildman–Crippen LogP) is 3.83. The number of methoxy groups -OCH3 is 1. The fraction of sp³-hybridized carbons (Fsp3) is 0.182. The van der Waals surface area contributed by atoms with Gasteiger partial charge < -0.3 is 15.4 Å². The highest BCUT2D eigenvalue weighted by molar-refractivity contribution is 7.99. The molecule has 3 aromatic rings. The Morgan fingerprint density at radius 2 is 1.84 bits per heavy atom. The number of thioether (sulfide) groups is 1. The van der Waals surface area contributed by atoms with Gasteiger partial charge in [-0.15, -0.1) is 16.8 Å². The summed E-state index contributed by atoms with van der Waals surface area (Å²) in [6.07, 6.45) is 1.76.